The van der Waals surface area contributed by atoms with Crippen LogP contribution < -0.4 is 5.19 Å². The summed E-state index contributed by atoms with van der Waals surface area (Å²) in [5.74, 6) is 0. The molecule has 2 heteroatoms. The zero-order valence-corrected chi connectivity index (χ0v) is 9.72. The first-order chi connectivity index (χ1) is 4.88. The van der Waals surface area contributed by atoms with E-state index in [9.17, 15) is 0 Å². The van der Waals surface area contributed by atoms with Crippen LogP contribution in [0.15, 0.2) is 30.8 Å². The van der Waals surface area contributed by atoms with E-state index in [2.05, 4.69) is 30.8 Å². The molecule has 0 unspecified atom stereocenters. The maximum Gasteiger partial charge on any atom is 0.0392 e. The van der Waals surface area contributed by atoms with Crippen LogP contribution in [0.25, 0.3) is 6.08 Å². The summed E-state index contributed by atoms with van der Waals surface area (Å²) in [5, 5.41) is 1.57. The topological polar surface area (TPSA) is 0 Å². The van der Waals surface area contributed by atoms with Crippen molar-refractivity contribution < 1.29 is 0 Å². The SMILES string of the molecule is C=Cc1ccccc1[SiH2][SiH3]. The van der Waals surface area contributed by atoms with Crippen LogP contribution in [-0.4, -0.2) is 18.8 Å². The highest BCUT2D eigenvalue weighted by atomic mass is 29.1. The van der Waals surface area contributed by atoms with Gasteiger partial charge in [0.1, 0.15) is 0 Å². The number of rotatable bonds is 2. The minimum absolute atomic E-state index is 0.119. The third kappa shape index (κ3) is 1.46. The summed E-state index contributed by atoms with van der Waals surface area (Å²) in [6.45, 7) is 3.78. The van der Waals surface area contributed by atoms with Gasteiger partial charge in [-0.15, -0.1) is 0 Å². The Bertz CT molecular complexity index is 230. The lowest BCUT2D eigenvalue weighted by molar-refractivity contribution is 1.72. The highest BCUT2D eigenvalue weighted by Gasteiger charge is 1.92. The van der Waals surface area contributed by atoms with E-state index < -0.39 is 0 Å². The highest BCUT2D eigenvalue weighted by molar-refractivity contribution is 6.97. The molecule has 0 heterocycles. The van der Waals surface area contributed by atoms with E-state index in [1.807, 2.05) is 6.08 Å². The van der Waals surface area contributed by atoms with Crippen molar-refractivity contribution in [3.63, 3.8) is 0 Å². The normalized spacial score (nSPS) is 10.8. The molecule has 0 nitrogen and oxygen atoms in total. The van der Waals surface area contributed by atoms with Crippen LogP contribution in [0.5, 0.6) is 0 Å². The number of hydrogen-bond donors (Lipinski definition) is 0. The largest absolute Gasteiger partial charge is 0.0985 e. The number of hydrogen-bond acceptors (Lipinski definition) is 0. The second-order valence-corrected chi connectivity index (χ2v) is 5.85. The van der Waals surface area contributed by atoms with Gasteiger partial charge in [-0.1, -0.05) is 42.1 Å². The highest BCUT2D eigenvalue weighted by Crippen LogP contribution is 1.95. The maximum absolute atomic E-state index is 3.78. The molecule has 0 spiro atoms. The summed E-state index contributed by atoms with van der Waals surface area (Å²) in [4.78, 5) is 0. The summed E-state index contributed by atoms with van der Waals surface area (Å²) in [7, 11) is 1.49. The quantitative estimate of drug-likeness (QED) is 0.512. The molecule has 0 aliphatic carbocycles. The van der Waals surface area contributed by atoms with E-state index in [0.717, 1.165) is 0 Å². The smallest absolute Gasteiger partial charge is 0.0392 e. The molecule has 0 radical (unpaired) electrons. The van der Waals surface area contributed by atoms with Crippen molar-refractivity contribution in [3.8, 4) is 0 Å². The third-order valence-corrected chi connectivity index (χ3v) is 5.35. The Kier molecular flexibility index (Phi) is 2.65. The molecule has 52 valence electrons. The summed E-state index contributed by atoms with van der Waals surface area (Å²) in [5.41, 5.74) is 1.35. The van der Waals surface area contributed by atoms with Gasteiger partial charge in [-0.05, 0) is 15.3 Å². The molecule has 0 aliphatic heterocycles. The molecule has 1 rings (SSSR count). The van der Waals surface area contributed by atoms with Gasteiger partial charge in [0, 0.05) is 9.04 Å². The Hall–Kier alpha value is -0.606. The van der Waals surface area contributed by atoms with Crippen molar-refractivity contribution in [1.82, 2.24) is 0 Å². The van der Waals surface area contributed by atoms with Crippen LogP contribution in [0.3, 0.4) is 0 Å². The molecule has 0 aliphatic rings. The molecular formula is C8H12Si2. The zero-order valence-electron chi connectivity index (χ0n) is 6.30. The summed E-state index contributed by atoms with van der Waals surface area (Å²) in [6.07, 6.45) is 1.96. The van der Waals surface area contributed by atoms with Gasteiger partial charge in [0.15, 0.2) is 0 Å². The Morgan fingerprint density at radius 2 is 2.10 bits per heavy atom. The van der Waals surface area contributed by atoms with E-state index in [4.69, 9.17) is 0 Å². The van der Waals surface area contributed by atoms with Crippen LogP contribution in [0.1, 0.15) is 5.56 Å². The van der Waals surface area contributed by atoms with Crippen molar-refractivity contribution in [3.05, 3.63) is 36.4 Å². The fourth-order valence-electron chi connectivity index (χ4n) is 1.06. The van der Waals surface area contributed by atoms with Crippen molar-refractivity contribution in [1.29, 1.82) is 0 Å². The standard InChI is InChI=1S/C8H12Si2/c1-2-7-5-3-4-6-8(7)10-9/h2-6H,1,10H2,9H3. The molecule has 10 heavy (non-hydrogen) atoms. The molecule has 1 aromatic rings. The Morgan fingerprint density at radius 1 is 1.40 bits per heavy atom. The first kappa shape index (κ1) is 7.50. The molecule has 0 fully saturated rings. The van der Waals surface area contributed by atoms with E-state index in [1.165, 1.54) is 15.3 Å². The van der Waals surface area contributed by atoms with Crippen molar-refractivity contribution in [2.75, 3.05) is 0 Å². The monoisotopic (exact) mass is 164 g/mol. The second kappa shape index (κ2) is 3.53. The van der Waals surface area contributed by atoms with Crippen LogP contribution in [0.2, 0.25) is 0 Å². The van der Waals surface area contributed by atoms with Crippen LogP contribution in [-0.2, 0) is 0 Å². The fraction of sp³-hybridized carbons (Fsp3) is 0. The summed E-state index contributed by atoms with van der Waals surface area (Å²) < 4.78 is 0. The average Bonchev–Trinajstić information content (AvgIpc) is 2.04. The molecular weight excluding hydrogens is 152 g/mol. The first-order valence-corrected chi connectivity index (χ1v) is 9.95. The fourth-order valence-corrected chi connectivity index (χ4v) is 4.03. The average molecular weight is 164 g/mol. The van der Waals surface area contributed by atoms with Crippen LogP contribution in [0.4, 0.5) is 0 Å². The molecule has 0 saturated carbocycles. The lowest BCUT2D eigenvalue weighted by atomic mass is 10.2. The third-order valence-electron chi connectivity index (χ3n) is 1.66. The second-order valence-electron chi connectivity index (χ2n) is 2.26. The molecule has 0 atom stereocenters. The van der Waals surface area contributed by atoms with Crippen LogP contribution in [0, 0.1) is 0 Å². The van der Waals surface area contributed by atoms with E-state index in [1.54, 1.807) is 5.19 Å². The van der Waals surface area contributed by atoms with E-state index in [-0.39, 0.29) is 9.04 Å². The Balaban J connectivity index is 3.08. The lowest BCUT2D eigenvalue weighted by Gasteiger charge is -1.99. The van der Waals surface area contributed by atoms with Gasteiger partial charge in [-0.2, -0.15) is 0 Å². The predicted molar refractivity (Wildman–Crippen MR) is 54.7 cm³/mol. The molecule has 1 aromatic carbocycles. The minimum atomic E-state index is 0.119. The zero-order chi connectivity index (χ0) is 7.40. The van der Waals surface area contributed by atoms with E-state index in [0.29, 0.717) is 0 Å². The molecule has 0 aromatic heterocycles. The van der Waals surface area contributed by atoms with E-state index >= 15 is 0 Å². The van der Waals surface area contributed by atoms with Gasteiger partial charge in [-0.25, -0.2) is 0 Å². The van der Waals surface area contributed by atoms with Gasteiger partial charge >= 0.3 is 0 Å². The first-order valence-electron chi connectivity index (χ1n) is 3.58. The van der Waals surface area contributed by atoms with Gasteiger partial charge < -0.3 is 0 Å². The Labute approximate surface area is 67.0 Å². The van der Waals surface area contributed by atoms with Gasteiger partial charge in [0.2, 0.25) is 0 Å². The summed E-state index contributed by atoms with van der Waals surface area (Å²) in [6, 6.07) is 8.57. The Morgan fingerprint density at radius 3 is 2.60 bits per heavy atom. The van der Waals surface area contributed by atoms with Gasteiger partial charge in [0.25, 0.3) is 0 Å². The molecule has 0 N–H and O–H groups in total. The molecule has 0 saturated heterocycles. The van der Waals surface area contributed by atoms with Crippen molar-refractivity contribution >= 4 is 30.1 Å². The minimum Gasteiger partial charge on any atom is -0.0985 e. The molecule has 0 amide bonds. The maximum atomic E-state index is 3.78. The predicted octanol–water partition coefficient (Wildman–Crippen LogP) is -0.596. The van der Waals surface area contributed by atoms with Gasteiger partial charge in [-0.3, -0.25) is 0 Å². The lowest BCUT2D eigenvalue weighted by Crippen LogP contribution is -2.16. The van der Waals surface area contributed by atoms with Gasteiger partial charge in [0.05, 0.1) is 0 Å². The number of benzene rings is 1. The summed E-state index contributed by atoms with van der Waals surface area (Å²) >= 11 is 0. The van der Waals surface area contributed by atoms with Crippen molar-refractivity contribution in [2.45, 2.75) is 0 Å². The van der Waals surface area contributed by atoms with Crippen LogP contribution >= 0.6 is 0 Å². The molecule has 0 bridgehead atoms. The van der Waals surface area contributed by atoms with Crippen molar-refractivity contribution in [2.24, 2.45) is 0 Å².